The molecule has 2 unspecified atom stereocenters. The van der Waals surface area contributed by atoms with Gasteiger partial charge in [-0.1, -0.05) is 12.8 Å². The van der Waals surface area contributed by atoms with Crippen LogP contribution in [0.25, 0.3) is 0 Å². The van der Waals surface area contributed by atoms with E-state index in [2.05, 4.69) is 33.7 Å². The van der Waals surface area contributed by atoms with Gasteiger partial charge in [-0.15, -0.1) is 11.3 Å². The first kappa shape index (κ1) is 12.4. The monoisotopic (exact) mass is 276 g/mol. The third-order valence-corrected chi connectivity index (χ3v) is 6.52. The summed E-state index contributed by atoms with van der Waals surface area (Å²) in [5.74, 6) is 2.74. The largest absolute Gasteiger partial charge is 0.316 e. The van der Waals surface area contributed by atoms with Crippen LogP contribution in [0.15, 0.2) is 12.1 Å². The Morgan fingerprint density at radius 1 is 1.11 bits per heavy atom. The molecule has 2 nitrogen and oxygen atoms in total. The minimum atomic E-state index is 0.890. The maximum Gasteiger partial charge on any atom is 0.0328 e. The number of hydrogen-bond donors (Lipinski definition) is 1. The molecule has 1 aromatic rings. The van der Waals surface area contributed by atoms with Crippen molar-refractivity contribution in [3.63, 3.8) is 0 Å². The van der Waals surface area contributed by atoms with Crippen LogP contribution in [0.2, 0.25) is 0 Å². The summed E-state index contributed by atoms with van der Waals surface area (Å²) in [4.78, 5) is 5.93. The molecule has 3 fully saturated rings. The van der Waals surface area contributed by atoms with E-state index in [1.807, 2.05) is 0 Å². The molecule has 2 aliphatic heterocycles. The Kier molecular flexibility index (Phi) is 3.38. The molecule has 0 radical (unpaired) electrons. The lowest BCUT2D eigenvalue weighted by Crippen LogP contribution is -2.25. The van der Waals surface area contributed by atoms with Gasteiger partial charge in [0.05, 0.1) is 0 Å². The van der Waals surface area contributed by atoms with Gasteiger partial charge in [0.25, 0.3) is 0 Å². The van der Waals surface area contributed by atoms with Crippen LogP contribution in [0.4, 0.5) is 0 Å². The van der Waals surface area contributed by atoms with Gasteiger partial charge in [0, 0.05) is 29.4 Å². The van der Waals surface area contributed by atoms with Gasteiger partial charge in [-0.3, -0.25) is 4.90 Å². The van der Waals surface area contributed by atoms with Crippen molar-refractivity contribution in [1.29, 1.82) is 0 Å². The number of nitrogens with zero attached hydrogens (tertiary/aromatic N) is 1. The van der Waals surface area contributed by atoms with Crippen LogP contribution < -0.4 is 5.32 Å². The number of hydrogen-bond acceptors (Lipinski definition) is 3. The predicted molar refractivity (Wildman–Crippen MR) is 80.7 cm³/mol. The quantitative estimate of drug-likeness (QED) is 0.913. The zero-order valence-electron chi connectivity index (χ0n) is 11.6. The van der Waals surface area contributed by atoms with Crippen LogP contribution in [0.3, 0.4) is 0 Å². The number of fused-ring (bicyclic) bond motifs is 1. The fraction of sp³-hybridized carbons (Fsp3) is 0.750. The molecule has 2 atom stereocenters. The van der Waals surface area contributed by atoms with Gasteiger partial charge in [-0.2, -0.15) is 0 Å². The van der Waals surface area contributed by atoms with Crippen molar-refractivity contribution in [2.75, 3.05) is 26.2 Å². The maximum absolute atomic E-state index is 3.53. The minimum absolute atomic E-state index is 0.890. The first-order valence-electron chi connectivity index (χ1n) is 7.90. The predicted octanol–water partition coefficient (Wildman–Crippen LogP) is 3.06. The minimum Gasteiger partial charge on any atom is -0.316 e. The Morgan fingerprint density at radius 2 is 1.84 bits per heavy atom. The molecule has 3 aliphatic rings. The molecule has 3 heterocycles. The number of thiophene rings is 1. The standard InChI is InChI=1S/C16H24N2S/c1-2-4-12(3-1)16-6-5-15(19-16)11-18-9-13-7-17-8-14(13)10-18/h5-6,12-14,17H,1-4,7-11H2. The fourth-order valence-electron chi connectivity index (χ4n) is 4.21. The molecule has 19 heavy (non-hydrogen) atoms. The van der Waals surface area contributed by atoms with E-state index in [-0.39, 0.29) is 0 Å². The average Bonchev–Trinajstić information content (AvgIpc) is 3.12. The van der Waals surface area contributed by atoms with Gasteiger partial charge in [0.1, 0.15) is 0 Å². The van der Waals surface area contributed by atoms with Crippen molar-refractivity contribution >= 4 is 11.3 Å². The molecule has 1 aliphatic carbocycles. The summed E-state index contributed by atoms with van der Waals surface area (Å²) in [5.41, 5.74) is 0. The maximum atomic E-state index is 3.53. The van der Waals surface area contributed by atoms with Crippen LogP contribution in [-0.4, -0.2) is 31.1 Å². The summed E-state index contributed by atoms with van der Waals surface area (Å²) in [5, 5.41) is 3.53. The average molecular weight is 276 g/mol. The van der Waals surface area contributed by atoms with E-state index in [9.17, 15) is 0 Å². The Balaban J connectivity index is 1.38. The van der Waals surface area contributed by atoms with Crippen molar-refractivity contribution in [1.82, 2.24) is 10.2 Å². The first-order valence-corrected chi connectivity index (χ1v) is 8.72. The summed E-state index contributed by atoms with van der Waals surface area (Å²) >= 11 is 2.09. The van der Waals surface area contributed by atoms with Crippen LogP contribution in [0.1, 0.15) is 41.4 Å². The Labute approximate surface area is 120 Å². The van der Waals surface area contributed by atoms with E-state index in [1.54, 1.807) is 9.75 Å². The highest BCUT2D eigenvalue weighted by molar-refractivity contribution is 7.12. The molecule has 0 bridgehead atoms. The third-order valence-electron chi connectivity index (χ3n) is 5.28. The first-order chi connectivity index (χ1) is 9.38. The highest BCUT2D eigenvalue weighted by Crippen LogP contribution is 2.38. The topological polar surface area (TPSA) is 15.3 Å². The zero-order valence-corrected chi connectivity index (χ0v) is 12.4. The van der Waals surface area contributed by atoms with Gasteiger partial charge in [0.2, 0.25) is 0 Å². The van der Waals surface area contributed by atoms with E-state index in [0.717, 1.165) is 17.8 Å². The summed E-state index contributed by atoms with van der Waals surface area (Å²) < 4.78 is 0. The van der Waals surface area contributed by atoms with Gasteiger partial charge >= 0.3 is 0 Å². The molecule has 104 valence electrons. The van der Waals surface area contributed by atoms with E-state index < -0.39 is 0 Å². The SMILES string of the molecule is c1cc(C2CCCC2)sc1CN1CC2CNCC2C1. The van der Waals surface area contributed by atoms with Gasteiger partial charge in [0.15, 0.2) is 0 Å². The van der Waals surface area contributed by atoms with Crippen molar-refractivity contribution in [2.24, 2.45) is 11.8 Å². The van der Waals surface area contributed by atoms with Crippen molar-refractivity contribution in [2.45, 2.75) is 38.1 Å². The molecule has 2 saturated heterocycles. The summed E-state index contributed by atoms with van der Waals surface area (Å²) in [6, 6.07) is 4.80. The van der Waals surface area contributed by atoms with Crippen molar-refractivity contribution in [3.8, 4) is 0 Å². The second-order valence-electron chi connectivity index (χ2n) is 6.66. The molecule has 0 amide bonds. The number of rotatable bonds is 3. The van der Waals surface area contributed by atoms with Gasteiger partial charge < -0.3 is 5.32 Å². The van der Waals surface area contributed by atoms with Crippen LogP contribution in [-0.2, 0) is 6.54 Å². The Morgan fingerprint density at radius 3 is 2.58 bits per heavy atom. The van der Waals surface area contributed by atoms with E-state index in [1.165, 1.54) is 58.4 Å². The molecule has 1 aromatic heterocycles. The second-order valence-corrected chi connectivity index (χ2v) is 7.86. The smallest absolute Gasteiger partial charge is 0.0328 e. The lowest BCUT2D eigenvalue weighted by molar-refractivity contribution is 0.308. The fourth-order valence-corrected chi connectivity index (χ4v) is 5.44. The van der Waals surface area contributed by atoms with Crippen LogP contribution in [0.5, 0.6) is 0 Å². The Bertz CT molecular complexity index is 424. The third kappa shape index (κ3) is 2.48. The molecule has 4 rings (SSSR count). The summed E-state index contributed by atoms with van der Waals surface area (Å²) in [6.07, 6.45) is 5.75. The molecule has 1 N–H and O–H groups in total. The second kappa shape index (κ2) is 5.19. The highest BCUT2D eigenvalue weighted by atomic mass is 32.1. The van der Waals surface area contributed by atoms with Gasteiger partial charge in [-0.05, 0) is 55.8 Å². The van der Waals surface area contributed by atoms with Crippen LogP contribution >= 0.6 is 11.3 Å². The van der Waals surface area contributed by atoms with E-state index in [0.29, 0.717) is 0 Å². The number of nitrogens with one attached hydrogen (secondary N) is 1. The zero-order chi connectivity index (χ0) is 12.7. The molecule has 1 saturated carbocycles. The highest BCUT2D eigenvalue weighted by Gasteiger charge is 2.35. The summed E-state index contributed by atoms with van der Waals surface area (Å²) in [6.45, 7) is 6.32. The lowest BCUT2D eigenvalue weighted by Gasteiger charge is -2.15. The lowest BCUT2D eigenvalue weighted by atomic mass is 10.0. The van der Waals surface area contributed by atoms with Crippen LogP contribution in [0, 0.1) is 11.8 Å². The van der Waals surface area contributed by atoms with Gasteiger partial charge in [-0.25, -0.2) is 0 Å². The summed E-state index contributed by atoms with van der Waals surface area (Å²) in [7, 11) is 0. The molecular weight excluding hydrogens is 252 g/mol. The molecule has 0 aromatic carbocycles. The molecular formula is C16H24N2S. The van der Waals surface area contributed by atoms with E-state index in [4.69, 9.17) is 0 Å². The number of likely N-dealkylation sites (tertiary alicyclic amines) is 1. The normalized spacial score (nSPS) is 32.2. The molecule has 3 heteroatoms. The molecule has 0 spiro atoms. The van der Waals surface area contributed by atoms with Crippen molar-refractivity contribution < 1.29 is 0 Å². The van der Waals surface area contributed by atoms with Crippen molar-refractivity contribution in [3.05, 3.63) is 21.9 Å². The Hall–Kier alpha value is -0.380. The van der Waals surface area contributed by atoms with E-state index >= 15 is 0 Å².